The Kier molecular flexibility index (Phi) is 9.24. The van der Waals surface area contributed by atoms with Gasteiger partial charge in [-0.1, -0.05) is 32.6 Å². The fourth-order valence-corrected chi connectivity index (χ4v) is 3.44. The van der Waals surface area contributed by atoms with E-state index in [1.807, 2.05) is 0 Å². The first-order valence-corrected chi connectivity index (χ1v) is 8.82. The molecule has 0 aromatic heterocycles. The minimum absolute atomic E-state index is 0. The lowest BCUT2D eigenvalue weighted by molar-refractivity contribution is -0.127. The lowest BCUT2D eigenvalue weighted by Gasteiger charge is -2.29. The van der Waals surface area contributed by atoms with E-state index in [2.05, 4.69) is 22.5 Å². The molecule has 0 saturated heterocycles. The number of amides is 1. The van der Waals surface area contributed by atoms with E-state index in [1.54, 1.807) is 19.0 Å². The monoisotopic (exact) mass is 436 g/mol. The van der Waals surface area contributed by atoms with Crippen molar-refractivity contribution < 1.29 is 4.79 Å². The third-order valence-corrected chi connectivity index (χ3v) is 4.84. The van der Waals surface area contributed by atoms with Gasteiger partial charge < -0.3 is 15.5 Å². The molecule has 2 unspecified atom stereocenters. The fourth-order valence-electron chi connectivity index (χ4n) is 3.44. The molecule has 2 atom stereocenters. The third kappa shape index (κ3) is 7.27. The number of carbonyl (C=O) groups excluding carboxylic acids is 1. The largest absolute Gasteiger partial charge is 0.354 e. The van der Waals surface area contributed by atoms with Crippen molar-refractivity contribution in [2.75, 3.05) is 20.6 Å². The van der Waals surface area contributed by atoms with Crippen molar-refractivity contribution in [3.63, 3.8) is 0 Å². The fraction of sp³-hybridized carbons (Fsp3) is 0.882. The van der Waals surface area contributed by atoms with Crippen LogP contribution in [-0.2, 0) is 4.79 Å². The van der Waals surface area contributed by atoms with Crippen LogP contribution in [0, 0.1) is 5.92 Å². The number of likely N-dealkylation sites (N-methyl/N-ethyl adjacent to an activating group) is 1. The summed E-state index contributed by atoms with van der Waals surface area (Å²) in [5.41, 5.74) is 0. The maximum atomic E-state index is 11.8. The molecule has 2 aliphatic carbocycles. The first-order chi connectivity index (χ1) is 10.5. The lowest BCUT2D eigenvalue weighted by atomic mass is 9.87. The predicted molar refractivity (Wildman–Crippen MR) is 106 cm³/mol. The Morgan fingerprint density at radius 3 is 2.26 bits per heavy atom. The van der Waals surface area contributed by atoms with Crippen molar-refractivity contribution in [3.8, 4) is 0 Å². The van der Waals surface area contributed by atoms with Crippen LogP contribution in [-0.4, -0.2) is 49.5 Å². The van der Waals surface area contributed by atoms with Crippen LogP contribution in [0.2, 0.25) is 0 Å². The van der Waals surface area contributed by atoms with Gasteiger partial charge in [0.1, 0.15) is 6.54 Å². The highest BCUT2D eigenvalue weighted by Crippen LogP contribution is 2.23. The second kappa shape index (κ2) is 10.4. The zero-order valence-corrected chi connectivity index (χ0v) is 17.1. The van der Waals surface area contributed by atoms with Crippen LogP contribution < -0.4 is 10.6 Å². The highest BCUT2D eigenvalue weighted by molar-refractivity contribution is 14.0. The number of nitrogens with zero attached hydrogens (tertiary/aromatic N) is 2. The van der Waals surface area contributed by atoms with Crippen molar-refractivity contribution in [2.24, 2.45) is 10.9 Å². The number of hydrogen-bond donors (Lipinski definition) is 2. The maximum Gasteiger partial charge on any atom is 0.243 e. The molecular weight excluding hydrogens is 403 g/mol. The van der Waals surface area contributed by atoms with E-state index >= 15 is 0 Å². The number of nitrogens with one attached hydrogen (secondary N) is 2. The van der Waals surface area contributed by atoms with Crippen molar-refractivity contribution in [1.82, 2.24) is 15.5 Å². The zero-order chi connectivity index (χ0) is 15.9. The molecule has 0 aliphatic heterocycles. The summed E-state index contributed by atoms with van der Waals surface area (Å²) in [7, 11) is 3.55. The van der Waals surface area contributed by atoms with E-state index < -0.39 is 0 Å². The molecule has 2 fully saturated rings. The van der Waals surface area contributed by atoms with E-state index in [-0.39, 0.29) is 36.4 Å². The van der Waals surface area contributed by atoms with Crippen LogP contribution in [0.1, 0.15) is 58.3 Å². The summed E-state index contributed by atoms with van der Waals surface area (Å²) in [6.45, 7) is 2.54. The molecule has 2 rings (SSSR count). The standard InChI is InChI=1S/C17H32N4O.HI/c1-13-7-6-10-15(11-13)20-17(18-12-16(22)21(2)3)19-14-8-4-5-9-14;/h13-15H,4-12H2,1-3H3,(H2,18,19,20);1H. The first-order valence-electron chi connectivity index (χ1n) is 8.82. The molecule has 0 aromatic rings. The van der Waals surface area contributed by atoms with E-state index in [9.17, 15) is 4.79 Å². The van der Waals surface area contributed by atoms with Gasteiger partial charge in [-0.15, -0.1) is 24.0 Å². The van der Waals surface area contributed by atoms with Gasteiger partial charge in [0.2, 0.25) is 5.91 Å². The van der Waals surface area contributed by atoms with E-state index in [0.29, 0.717) is 12.1 Å². The number of hydrogen-bond acceptors (Lipinski definition) is 2. The smallest absolute Gasteiger partial charge is 0.243 e. The van der Waals surface area contributed by atoms with Gasteiger partial charge in [-0.25, -0.2) is 4.99 Å². The SMILES string of the molecule is CC1CCCC(NC(=NCC(=O)N(C)C)NC2CCCC2)C1.I. The molecule has 23 heavy (non-hydrogen) atoms. The Bertz CT molecular complexity index is 394. The Balaban J connectivity index is 0.00000264. The second-order valence-corrected chi connectivity index (χ2v) is 7.19. The van der Waals surface area contributed by atoms with Gasteiger partial charge in [0.25, 0.3) is 0 Å². The molecule has 6 heteroatoms. The van der Waals surface area contributed by atoms with E-state index in [1.165, 1.54) is 51.4 Å². The predicted octanol–water partition coefficient (Wildman–Crippen LogP) is 2.75. The summed E-state index contributed by atoms with van der Waals surface area (Å²) in [5.74, 6) is 1.66. The van der Waals surface area contributed by atoms with Gasteiger partial charge in [-0.05, 0) is 31.6 Å². The number of guanidine groups is 1. The Hall–Kier alpha value is -0.530. The van der Waals surface area contributed by atoms with E-state index in [0.717, 1.165) is 11.9 Å². The number of rotatable bonds is 4. The van der Waals surface area contributed by atoms with Crippen LogP contribution in [0.15, 0.2) is 4.99 Å². The highest BCUT2D eigenvalue weighted by Gasteiger charge is 2.22. The van der Waals surface area contributed by atoms with Crippen LogP contribution in [0.3, 0.4) is 0 Å². The molecule has 134 valence electrons. The van der Waals surface area contributed by atoms with Crippen LogP contribution >= 0.6 is 24.0 Å². The summed E-state index contributed by atoms with van der Waals surface area (Å²) in [4.78, 5) is 17.9. The zero-order valence-electron chi connectivity index (χ0n) is 14.8. The molecule has 1 amide bonds. The summed E-state index contributed by atoms with van der Waals surface area (Å²) < 4.78 is 0. The Morgan fingerprint density at radius 1 is 1.04 bits per heavy atom. The number of aliphatic imine (C=N–C) groups is 1. The van der Waals surface area contributed by atoms with Gasteiger partial charge in [0, 0.05) is 26.2 Å². The van der Waals surface area contributed by atoms with Gasteiger partial charge >= 0.3 is 0 Å². The van der Waals surface area contributed by atoms with Crippen LogP contribution in [0.5, 0.6) is 0 Å². The minimum atomic E-state index is 0. The molecule has 0 heterocycles. The Labute approximate surface area is 158 Å². The average molecular weight is 436 g/mol. The van der Waals surface area contributed by atoms with Crippen molar-refractivity contribution >= 4 is 35.8 Å². The number of halogens is 1. The molecular formula is C17H33IN4O. The minimum Gasteiger partial charge on any atom is -0.354 e. The van der Waals surface area contributed by atoms with Gasteiger partial charge in [0.15, 0.2) is 5.96 Å². The van der Waals surface area contributed by atoms with E-state index in [4.69, 9.17) is 0 Å². The molecule has 2 saturated carbocycles. The second-order valence-electron chi connectivity index (χ2n) is 7.19. The summed E-state index contributed by atoms with van der Waals surface area (Å²) in [6, 6.07) is 1.01. The summed E-state index contributed by atoms with van der Waals surface area (Å²) in [5, 5.41) is 7.12. The van der Waals surface area contributed by atoms with Crippen molar-refractivity contribution in [3.05, 3.63) is 0 Å². The van der Waals surface area contributed by atoms with Gasteiger partial charge in [-0.3, -0.25) is 4.79 Å². The summed E-state index contributed by atoms with van der Waals surface area (Å²) in [6.07, 6.45) is 10.0. The topological polar surface area (TPSA) is 56.7 Å². The normalized spacial score (nSPS) is 25.6. The quantitative estimate of drug-likeness (QED) is 0.405. The molecule has 5 nitrogen and oxygen atoms in total. The van der Waals surface area contributed by atoms with Gasteiger partial charge in [0.05, 0.1) is 0 Å². The maximum absolute atomic E-state index is 11.8. The molecule has 0 spiro atoms. The lowest BCUT2D eigenvalue weighted by Crippen LogP contribution is -2.48. The van der Waals surface area contributed by atoms with Crippen LogP contribution in [0.25, 0.3) is 0 Å². The average Bonchev–Trinajstić information content (AvgIpc) is 2.97. The molecule has 2 N–H and O–H groups in total. The number of carbonyl (C=O) groups is 1. The van der Waals surface area contributed by atoms with Crippen molar-refractivity contribution in [2.45, 2.75) is 70.4 Å². The molecule has 0 bridgehead atoms. The first kappa shape index (κ1) is 20.5. The van der Waals surface area contributed by atoms with Crippen LogP contribution in [0.4, 0.5) is 0 Å². The van der Waals surface area contributed by atoms with Crippen molar-refractivity contribution in [1.29, 1.82) is 0 Å². The van der Waals surface area contributed by atoms with Gasteiger partial charge in [-0.2, -0.15) is 0 Å². The highest BCUT2D eigenvalue weighted by atomic mass is 127. The summed E-state index contributed by atoms with van der Waals surface area (Å²) >= 11 is 0. The molecule has 0 radical (unpaired) electrons. The third-order valence-electron chi connectivity index (χ3n) is 4.84. The Morgan fingerprint density at radius 2 is 1.65 bits per heavy atom. The molecule has 0 aromatic carbocycles. The molecule has 2 aliphatic rings.